The summed E-state index contributed by atoms with van der Waals surface area (Å²) < 4.78 is 13.3. The fraction of sp³-hybridized carbons (Fsp3) is 0.231. The Morgan fingerprint density at radius 2 is 2.21 bits per heavy atom. The van der Waals surface area contributed by atoms with Gasteiger partial charge in [-0.15, -0.1) is 0 Å². The van der Waals surface area contributed by atoms with E-state index in [-0.39, 0.29) is 11.6 Å². The van der Waals surface area contributed by atoms with Crippen LogP contribution in [0.25, 0.3) is 0 Å². The fourth-order valence-electron chi connectivity index (χ4n) is 1.56. The van der Waals surface area contributed by atoms with Gasteiger partial charge < -0.3 is 10.4 Å². The molecule has 0 saturated heterocycles. The number of anilines is 1. The Kier molecular flexibility index (Phi) is 4.29. The van der Waals surface area contributed by atoms with Gasteiger partial charge in [-0.1, -0.05) is 17.7 Å². The topological polar surface area (TPSA) is 58.0 Å². The molecule has 0 radical (unpaired) electrons. The molecule has 2 aromatic rings. The normalized spacial score (nSPS) is 12.2. The van der Waals surface area contributed by atoms with Gasteiger partial charge in [-0.2, -0.15) is 0 Å². The summed E-state index contributed by atoms with van der Waals surface area (Å²) in [7, 11) is 0. The summed E-state index contributed by atoms with van der Waals surface area (Å²) in [5.74, 6) is -0.126. The molecule has 1 aromatic heterocycles. The summed E-state index contributed by atoms with van der Waals surface area (Å²) in [6.07, 6.45) is 0.759. The maximum atomic E-state index is 13.3. The molecule has 1 unspecified atom stereocenters. The zero-order valence-corrected chi connectivity index (χ0v) is 11.0. The average Bonchev–Trinajstić information content (AvgIpc) is 2.39. The zero-order valence-electron chi connectivity index (χ0n) is 10.3. The summed E-state index contributed by atoms with van der Waals surface area (Å²) in [4.78, 5) is 8.15. The van der Waals surface area contributed by atoms with Crippen LogP contribution in [0.1, 0.15) is 17.4 Å². The second-order valence-corrected chi connectivity index (χ2v) is 4.50. The first kappa shape index (κ1) is 13.7. The first-order valence-electron chi connectivity index (χ1n) is 5.73. The lowest BCUT2D eigenvalue weighted by Crippen LogP contribution is -2.14. The molecule has 0 aliphatic heterocycles. The molecule has 0 spiro atoms. The minimum Gasteiger partial charge on any atom is -0.387 e. The summed E-state index contributed by atoms with van der Waals surface area (Å²) in [5, 5.41) is 12.9. The highest BCUT2D eigenvalue weighted by Crippen LogP contribution is 2.20. The molecule has 1 aromatic carbocycles. The van der Waals surface area contributed by atoms with E-state index in [1.807, 2.05) is 6.92 Å². The minimum atomic E-state index is -0.865. The quantitative estimate of drug-likeness (QED) is 0.905. The molecule has 0 amide bonds. The lowest BCUT2D eigenvalue weighted by Gasteiger charge is -2.12. The van der Waals surface area contributed by atoms with E-state index < -0.39 is 11.9 Å². The van der Waals surface area contributed by atoms with Gasteiger partial charge in [-0.3, -0.25) is 0 Å². The first-order valence-corrected chi connectivity index (χ1v) is 6.10. The van der Waals surface area contributed by atoms with Crippen molar-refractivity contribution < 1.29 is 9.50 Å². The number of benzene rings is 1. The molecule has 1 atom stereocenters. The molecular weight excluding hydrogens is 269 g/mol. The Labute approximate surface area is 115 Å². The number of halogens is 2. The smallest absolute Gasteiger partial charge is 0.222 e. The Bertz CT molecular complexity index is 580. The molecule has 0 aliphatic rings. The summed E-state index contributed by atoms with van der Waals surface area (Å²) in [6, 6.07) is 5.98. The first-order chi connectivity index (χ1) is 9.06. The predicted molar refractivity (Wildman–Crippen MR) is 71.6 cm³/mol. The number of aliphatic hydroxyl groups excluding tert-OH is 1. The average molecular weight is 282 g/mol. The molecule has 100 valence electrons. The van der Waals surface area contributed by atoms with Crippen molar-refractivity contribution in [3.05, 3.63) is 52.6 Å². The maximum absolute atomic E-state index is 13.3. The van der Waals surface area contributed by atoms with Crippen molar-refractivity contribution in [2.45, 2.75) is 13.0 Å². The van der Waals surface area contributed by atoms with Gasteiger partial charge >= 0.3 is 0 Å². The van der Waals surface area contributed by atoms with Gasteiger partial charge in [0, 0.05) is 18.4 Å². The molecule has 0 bridgehead atoms. The summed E-state index contributed by atoms with van der Waals surface area (Å²) >= 11 is 5.58. The highest BCUT2D eigenvalue weighted by Gasteiger charge is 2.10. The molecule has 6 heteroatoms. The van der Waals surface area contributed by atoms with Crippen molar-refractivity contribution in [3.8, 4) is 0 Å². The Morgan fingerprint density at radius 1 is 1.42 bits per heavy atom. The number of aryl methyl sites for hydroxylation is 1. The van der Waals surface area contributed by atoms with Crippen molar-refractivity contribution in [1.29, 1.82) is 0 Å². The van der Waals surface area contributed by atoms with Crippen LogP contribution in [0.15, 0.2) is 30.5 Å². The highest BCUT2D eigenvalue weighted by atomic mass is 35.5. The van der Waals surface area contributed by atoms with E-state index >= 15 is 0 Å². The van der Waals surface area contributed by atoms with Crippen LogP contribution in [0.5, 0.6) is 0 Å². The summed E-state index contributed by atoms with van der Waals surface area (Å²) in [6.45, 7) is 2.03. The van der Waals surface area contributed by atoms with Crippen molar-refractivity contribution >= 4 is 17.5 Å². The Hall–Kier alpha value is -1.72. The van der Waals surface area contributed by atoms with Crippen LogP contribution in [0.3, 0.4) is 0 Å². The molecule has 0 saturated carbocycles. The molecule has 0 aliphatic carbocycles. The number of aliphatic hydroxyl groups is 1. The van der Waals surface area contributed by atoms with E-state index in [1.54, 1.807) is 18.3 Å². The van der Waals surface area contributed by atoms with E-state index in [0.717, 1.165) is 5.69 Å². The van der Waals surface area contributed by atoms with E-state index in [0.29, 0.717) is 11.5 Å². The number of hydrogen-bond acceptors (Lipinski definition) is 4. The van der Waals surface area contributed by atoms with E-state index in [2.05, 4.69) is 15.3 Å². The largest absolute Gasteiger partial charge is 0.387 e. The third-order valence-corrected chi connectivity index (χ3v) is 2.88. The molecule has 2 rings (SSSR count). The molecule has 19 heavy (non-hydrogen) atoms. The minimum absolute atomic E-state index is 0.0333. The van der Waals surface area contributed by atoms with Gasteiger partial charge in [0.2, 0.25) is 5.95 Å². The lowest BCUT2D eigenvalue weighted by atomic mass is 10.1. The Balaban J connectivity index is 2.01. The SMILES string of the molecule is Cc1ccnc(NCC(O)c2ccc(Cl)c(F)c2)n1. The van der Waals surface area contributed by atoms with Crippen LogP contribution in [-0.4, -0.2) is 21.6 Å². The predicted octanol–water partition coefficient (Wildman–Crippen LogP) is 2.72. The van der Waals surface area contributed by atoms with Gasteiger partial charge in [0.05, 0.1) is 11.1 Å². The van der Waals surface area contributed by atoms with Crippen molar-refractivity contribution in [2.75, 3.05) is 11.9 Å². The number of nitrogens with zero attached hydrogens (tertiary/aromatic N) is 2. The molecular formula is C13H13ClFN3O. The maximum Gasteiger partial charge on any atom is 0.222 e. The van der Waals surface area contributed by atoms with E-state index in [9.17, 15) is 9.50 Å². The van der Waals surface area contributed by atoms with Crippen LogP contribution in [0, 0.1) is 12.7 Å². The van der Waals surface area contributed by atoms with E-state index in [4.69, 9.17) is 11.6 Å². The van der Waals surface area contributed by atoms with Crippen molar-refractivity contribution in [3.63, 3.8) is 0 Å². The van der Waals surface area contributed by atoms with Gasteiger partial charge in [0.15, 0.2) is 0 Å². The number of nitrogens with one attached hydrogen (secondary N) is 1. The molecule has 4 nitrogen and oxygen atoms in total. The number of hydrogen-bond donors (Lipinski definition) is 2. The van der Waals surface area contributed by atoms with Crippen LogP contribution < -0.4 is 5.32 Å². The molecule has 0 fully saturated rings. The second-order valence-electron chi connectivity index (χ2n) is 4.09. The van der Waals surface area contributed by atoms with Crippen LogP contribution in [0.4, 0.5) is 10.3 Å². The van der Waals surface area contributed by atoms with Gasteiger partial charge in [0.1, 0.15) is 5.82 Å². The highest BCUT2D eigenvalue weighted by molar-refractivity contribution is 6.30. The zero-order chi connectivity index (χ0) is 13.8. The van der Waals surface area contributed by atoms with E-state index in [1.165, 1.54) is 12.1 Å². The fourth-order valence-corrected chi connectivity index (χ4v) is 1.68. The monoisotopic (exact) mass is 281 g/mol. The molecule has 2 N–H and O–H groups in total. The lowest BCUT2D eigenvalue weighted by molar-refractivity contribution is 0.191. The van der Waals surface area contributed by atoms with Crippen LogP contribution >= 0.6 is 11.6 Å². The van der Waals surface area contributed by atoms with Gasteiger partial charge in [-0.05, 0) is 30.7 Å². The van der Waals surface area contributed by atoms with Crippen LogP contribution in [0.2, 0.25) is 5.02 Å². The van der Waals surface area contributed by atoms with Crippen LogP contribution in [-0.2, 0) is 0 Å². The molecule has 1 heterocycles. The Morgan fingerprint density at radius 3 is 2.89 bits per heavy atom. The van der Waals surface area contributed by atoms with Gasteiger partial charge in [0.25, 0.3) is 0 Å². The standard InChI is InChI=1S/C13H13ClFN3O/c1-8-4-5-16-13(18-8)17-7-12(19)9-2-3-10(14)11(15)6-9/h2-6,12,19H,7H2,1H3,(H,16,17,18). The van der Waals surface area contributed by atoms with Gasteiger partial charge in [-0.25, -0.2) is 14.4 Å². The second kappa shape index (κ2) is 5.95. The third-order valence-electron chi connectivity index (χ3n) is 2.58. The number of rotatable bonds is 4. The number of aromatic nitrogens is 2. The third kappa shape index (κ3) is 3.62. The van der Waals surface area contributed by atoms with Crippen molar-refractivity contribution in [1.82, 2.24) is 9.97 Å². The van der Waals surface area contributed by atoms with Crippen molar-refractivity contribution in [2.24, 2.45) is 0 Å². The summed E-state index contributed by atoms with van der Waals surface area (Å²) in [5.41, 5.74) is 1.27.